The highest BCUT2D eigenvalue weighted by Gasteiger charge is 2.52. The molecular weight excluding hydrogens is 418 g/mol. The normalized spacial score (nSPS) is 23.5. The molecule has 4 amide bonds. The zero-order chi connectivity index (χ0) is 23.0. The van der Waals surface area contributed by atoms with Gasteiger partial charge in [0, 0.05) is 31.6 Å². The molecule has 2 fully saturated rings. The minimum absolute atomic E-state index is 0.0254. The highest BCUT2D eigenvalue weighted by atomic mass is 16.2. The monoisotopic (exact) mass is 447 g/mol. The summed E-state index contributed by atoms with van der Waals surface area (Å²) in [6, 6.07) is 11.6. The fourth-order valence-corrected chi connectivity index (χ4v) is 5.20. The summed E-state index contributed by atoms with van der Waals surface area (Å²) in [5, 5.41) is 5.90. The van der Waals surface area contributed by atoms with Crippen molar-refractivity contribution in [3.63, 3.8) is 0 Å². The maximum Gasteiger partial charge on any atom is 0.326 e. The maximum atomic E-state index is 13.3. The number of likely N-dealkylation sites (tertiary alicyclic amines) is 1. The molecular formula is C25H29N5O3. The number of aromatic nitrogens is 1. The van der Waals surface area contributed by atoms with Crippen LogP contribution in [0, 0.1) is 12.8 Å². The lowest BCUT2D eigenvalue weighted by Gasteiger charge is -2.34. The van der Waals surface area contributed by atoms with Crippen molar-refractivity contribution in [2.45, 2.75) is 44.6 Å². The third kappa shape index (κ3) is 4.23. The standard InChI is InChI=1S/C25H29N5O3/c1-17-7-11-26-21(14-17)27-22(31)19-8-12-29(13-9-19)16-30-23(32)25(28-24(30)33)10-6-18-4-2-3-5-20(18)15-25/h2-5,7,11,14,19H,6,8-10,12-13,15-16H2,1H3,(H,28,33)(H,26,27,31). The lowest BCUT2D eigenvalue weighted by molar-refractivity contribution is -0.133. The molecule has 2 saturated heterocycles. The number of rotatable bonds is 4. The molecule has 1 unspecified atom stereocenters. The van der Waals surface area contributed by atoms with Gasteiger partial charge in [-0.25, -0.2) is 14.7 Å². The minimum atomic E-state index is -0.829. The molecule has 8 nitrogen and oxygen atoms in total. The van der Waals surface area contributed by atoms with Crippen LogP contribution in [0.25, 0.3) is 0 Å². The SMILES string of the molecule is Cc1ccnc(NC(=O)C2CCN(CN3C(=O)NC4(CCc5ccccc5C4)C3=O)CC2)c1. The van der Waals surface area contributed by atoms with Crippen LogP contribution in [0.2, 0.25) is 0 Å². The number of hydrogen-bond acceptors (Lipinski definition) is 5. The topological polar surface area (TPSA) is 94.6 Å². The second kappa shape index (κ2) is 8.59. The van der Waals surface area contributed by atoms with Crippen molar-refractivity contribution < 1.29 is 14.4 Å². The molecule has 2 N–H and O–H groups in total. The average molecular weight is 448 g/mol. The summed E-state index contributed by atoms with van der Waals surface area (Å²) >= 11 is 0. The lowest BCUT2D eigenvalue weighted by Crippen LogP contribution is -2.52. The number of carbonyl (C=O) groups is 3. The second-order valence-corrected chi connectivity index (χ2v) is 9.43. The Morgan fingerprint density at radius 1 is 1.18 bits per heavy atom. The summed E-state index contributed by atoms with van der Waals surface area (Å²) in [6.07, 6.45) is 5.00. The Kier molecular flexibility index (Phi) is 5.62. The Labute approximate surface area is 193 Å². The van der Waals surface area contributed by atoms with Crippen LogP contribution < -0.4 is 10.6 Å². The molecule has 1 aromatic heterocycles. The fourth-order valence-electron chi connectivity index (χ4n) is 5.20. The number of pyridine rings is 1. The van der Waals surface area contributed by atoms with E-state index in [1.807, 2.05) is 37.3 Å². The first-order valence-corrected chi connectivity index (χ1v) is 11.6. The van der Waals surface area contributed by atoms with Gasteiger partial charge in [0.2, 0.25) is 5.91 Å². The summed E-state index contributed by atoms with van der Waals surface area (Å²) in [5.41, 5.74) is 2.60. The minimum Gasteiger partial charge on any atom is -0.323 e. The van der Waals surface area contributed by atoms with Gasteiger partial charge in [-0.1, -0.05) is 24.3 Å². The maximum absolute atomic E-state index is 13.3. The summed E-state index contributed by atoms with van der Waals surface area (Å²) in [6.45, 7) is 3.54. The number of nitrogens with zero attached hydrogens (tertiary/aromatic N) is 3. The van der Waals surface area contributed by atoms with Gasteiger partial charge in [0.1, 0.15) is 11.4 Å². The van der Waals surface area contributed by atoms with Crippen LogP contribution in [0.15, 0.2) is 42.6 Å². The van der Waals surface area contributed by atoms with E-state index >= 15 is 0 Å². The quantitative estimate of drug-likeness (QED) is 0.703. The van der Waals surface area contributed by atoms with Crippen molar-refractivity contribution in [3.05, 3.63) is 59.3 Å². The van der Waals surface area contributed by atoms with Crippen LogP contribution in [0.3, 0.4) is 0 Å². The van der Waals surface area contributed by atoms with Gasteiger partial charge in [-0.05, 0) is 61.4 Å². The van der Waals surface area contributed by atoms with Crippen molar-refractivity contribution >= 4 is 23.7 Å². The smallest absolute Gasteiger partial charge is 0.323 e. The molecule has 1 atom stereocenters. The van der Waals surface area contributed by atoms with E-state index in [4.69, 9.17) is 0 Å². The van der Waals surface area contributed by atoms with Crippen molar-refractivity contribution in [2.75, 3.05) is 25.1 Å². The van der Waals surface area contributed by atoms with Gasteiger partial charge in [-0.3, -0.25) is 14.5 Å². The van der Waals surface area contributed by atoms with E-state index in [0.29, 0.717) is 44.6 Å². The van der Waals surface area contributed by atoms with Crippen LogP contribution in [-0.4, -0.2) is 57.9 Å². The number of carbonyl (C=O) groups excluding carboxylic acids is 3. The van der Waals surface area contributed by atoms with E-state index in [1.165, 1.54) is 10.5 Å². The largest absolute Gasteiger partial charge is 0.326 e. The molecule has 1 spiro atoms. The molecule has 5 rings (SSSR count). The molecule has 0 radical (unpaired) electrons. The Bertz CT molecular complexity index is 1090. The number of hydrogen-bond donors (Lipinski definition) is 2. The van der Waals surface area contributed by atoms with Gasteiger partial charge in [0.05, 0.1) is 6.67 Å². The van der Waals surface area contributed by atoms with Crippen molar-refractivity contribution in [3.8, 4) is 0 Å². The van der Waals surface area contributed by atoms with E-state index in [2.05, 4.69) is 26.6 Å². The second-order valence-electron chi connectivity index (χ2n) is 9.43. The zero-order valence-corrected chi connectivity index (χ0v) is 18.8. The van der Waals surface area contributed by atoms with Crippen LogP contribution >= 0.6 is 0 Å². The Morgan fingerprint density at radius 2 is 1.94 bits per heavy atom. The number of nitrogens with one attached hydrogen (secondary N) is 2. The van der Waals surface area contributed by atoms with E-state index in [1.54, 1.807) is 6.20 Å². The molecule has 2 aromatic rings. The molecule has 33 heavy (non-hydrogen) atoms. The number of piperidine rings is 1. The van der Waals surface area contributed by atoms with Gasteiger partial charge < -0.3 is 10.6 Å². The van der Waals surface area contributed by atoms with E-state index in [0.717, 1.165) is 17.5 Å². The van der Waals surface area contributed by atoms with Gasteiger partial charge in [0.15, 0.2) is 0 Å². The van der Waals surface area contributed by atoms with Crippen LogP contribution in [0.4, 0.5) is 10.6 Å². The van der Waals surface area contributed by atoms with Crippen LogP contribution in [0.5, 0.6) is 0 Å². The van der Waals surface area contributed by atoms with E-state index in [-0.39, 0.29) is 30.4 Å². The molecule has 0 saturated carbocycles. The first-order valence-electron chi connectivity index (χ1n) is 11.6. The number of anilines is 1. The highest BCUT2D eigenvalue weighted by Crippen LogP contribution is 2.34. The average Bonchev–Trinajstić information content (AvgIpc) is 3.03. The third-order valence-electron chi connectivity index (χ3n) is 7.14. The van der Waals surface area contributed by atoms with Crippen LogP contribution in [-0.2, 0) is 22.4 Å². The zero-order valence-electron chi connectivity index (χ0n) is 18.8. The molecule has 2 aliphatic heterocycles. The predicted molar refractivity (Wildman–Crippen MR) is 123 cm³/mol. The van der Waals surface area contributed by atoms with E-state index in [9.17, 15) is 14.4 Å². The highest BCUT2D eigenvalue weighted by molar-refractivity contribution is 6.07. The van der Waals surface area contributed by atoms with Crippen molar-refractivity contribution in [1.29, 1.82) is 0 Å². The Morgan fingerprint density at radius 3 is 2.70 bits per heavy atom. The van der Waals surface area contributed by atoms with Crippen molar-refractivity contribution in [1.82, 2.24) is 20.1 Å². The number of imide groups is 1. The molecule has 172 valence electrons. The van der Waals surface area contributed by atoms with Gasteiger partial charge in [-0.15, -0.1) is 0 Å². The van der Waals surface area contributed by atoms with Crippen LogP contribution in [0.1, 0.15) is 36.0 Å². The molecule has 3 heterocycles. The number of fused-ring (bicyclic) bond motifs is 1. The molecule has 8 heteroatoms. The summed E-state index contributed by atoms with van der Waals surface area (Å²) in [4.78, 5) is 46.3. The number of urea groups is 1. The van der Waals surface area contributed by atoms with Gasteiger partial charge >= 0.3 is 6.03 Å². The number of amides is 4. The summed E-state index contributed by atoms with van der Waals surface area (Å²) in [5.74, 6) is 0.309. The Hall–Kier alpha value is -3.26. The molecule has 3 aliphatic rings. The number of aryl methyl sites for hydroxylation is 2. The van der Waals surface area contributed by atoms with E-state index < -0.39 is 5.54 Å². The summed E-state index contributed by atoms with van der Waals surface area (Å²) in [7, 11) is 0. The summed E-state index contributed by atoms with van der Waals surface area (Å²) < 4.78 is 0. The van der Waals surface area contributed by atoms with Gasteiger partial charge in [-0.2, -0.15) is 0 Å². The Balaban J connectivity index is 1.17. The first-order chi connectivity index (χ1) is 15.9. The predicted octanol–water partition coefficient (Wildman–Crippen LogP) is 2.48. The first kappa shape index (κ1) is 21.6. The molecule has 1 aliphatic carbocycles. The third-order valence-corrected chi connectivity index (χ3v) is 7.14. The molecule has 0 bridgehead atoms. The number of benzene rings is 1. The van der Waals surface area contributed by atoms with Gasteiger partial charge in [0.25, 0.3) is 5.91 Å². The molecule has 1 aromatic carbocycles. The fraction of sp³-hybridized carbons (Fsp3) is 0.440. The lowest BCUT2D eigenvalue weighted by atomic mass is 9.78. The van der Waals surface area contributed by atoms with Crippen molar-refractivity contribution in [2.24, 2.45) is 5.92 Å².